The third-order valence-corrected chi connectivity index (χ3v) is 23.0. The highest BCUT2D eigenvalue weighted by Gasteiger charge is 2.47. The van der Waals surface area contributed by atoms with Crippen LogP contribution in [0.25, 0.3) is 148 Å². The van der Waals surface area contributed by atoms with Gasteiger partial charge >= 0.3 is 0 Å². The number of rotatable bonds is 8. The van der Waals surface area contributed by atoms with Gasteiger partial charge in [-0.05, 0) is 191 Å². The second kappa shape index (κ2) is 24.3. The molecular formula is C104H76BN3. The minimum atomic E-state index is -0.533. The maximum Gasteiger partial charge on any atom is 0.252 e. The van der Waals surface area contributed by atoms with Crippen molar-refractivity contribution in [3.63, 3.8) is 0 Å². The van der Waals surface area contributed by atoms with Crippen molar-refractivity contribution in [1.82, 2.24) is 4.57 Å². The van der Waals surface area contributed by atoms with Crippen LogP contribution in [0.15, 0.2) is 352 Å². The molecule has 4 heteroatoms. The van der Waals surface area contributed by atoms with Crippen molar-refractivity contribution >= 4 is 144 Å². The van der Waals surface area contributed by atoms with Crippen LogP contribution >= 0.6 is 0 Å². The molecule has 21 rings (SSSR count). The Kier molecular flexibility index (Phi) is 12.5. The van der Waals surface area contributed by atoms with Crippen LogP contribution in [-0.4, -0.2) is 11.3 Å². The summed E-state index contributed by atoms with van der Waals surface area (Å²) in [5.41, 5.74) is 20.8. The van der Waals surface area contributed by atoms with Crippen molar-refractivity contribution in [2.75, 3.05) is 9.80 Å². The summed E-state index contributed by atoms with van der Waals surface area (Å²) in [7, 11) is 0. The van der Waals surface area contributed by atoms with Gasteiger partial charge < -0.3 is 14.4 Å². The molecule has 0 saturated carbocycles. The first kappa shape index (κ1) is 55.5. The summed E-state index contributed by atoms with van der Waals surface area (Å²) in [5.74, 6) is 0. The van der Waals surface area contributed by atoms with E-state index in [2.05, 4.69) is 349 Å². The van der Waals surface area contributed by atoms with Crippen molar-refractivity contribution in [3.8, 4) is 61.3 Å². The molecule has 0 saturated heterocycles. The van der Waals surface area contributed by atoms with E-state index in [1.165, 1.54) is 5.56 Å². The predicted molar refractivity (Wildman–Crippen MR) is 464 cm³/mol. The number of benzene rings is 18. The Bertz CT molecular complexity index is 7270. The molecule has 0 radical (unpaired) electrons. The van der Waals surface area contributed by atoms with Crippen molar-refractivity contribution in [1.29, 1.82) is 0 Å². The zero-order valence-electron chi connectivity index (χ0n) is 68.8. The van der Waals surface area contributed by atoms with Crippen LogP contribution in [0.2, 0.25) is 0 Å². The summed E-state index contributed by atoms with van der Waals surface area (Å²) < 4.78 is 78.3. The van der Waals surface area contributed by atoms with Crippen molar-refractivity contribution in [3.05, 3.63) is 363 Å². The van der Waals surface area contributed by atoms with Crippen LogP contribution in [-0.2, 0) is 10.8 Å². The van der Waals surface area contributed by atoms with Crippen molar-refractivity contribution in [2.45, 2.75) is 52.4 Å². The lowest BCUT2D eigenvalue weighted by atomic mass is 9.33. The molecule has 0 spiro atoms. The van der Waals surface area contributed by atoms with E-state index in [1.54, 1.807) is 4.57 Å². The van der Waals surface area contributed by atoms with Crippen LogP contribution in [0.1, 0.15) is 63.6 Å². The Labute approximate surface area is 641 Å². The van der Waals surface area contributed by atoms with Crippen LogP contribution in [0, 0.1) is 0 Å². The molecule has 2 aliphatic heterocycles. The maximum atomic E-state index is 10.0. The molecular weight excluding hydrogens is 1300 g/mol. The van der Waals surface area contributed by atoms with Gasteiger partial charge in [-0.1, -0.05) is 339 Å². The Hall–Kier alpha value is -13.0. The lowest BCUT2D eigenvalue weighted by Gasteiger charge is -2.46. The van der Waals surface area contributed by atoms with E-state index in [4.69, 9.17) is 0 Å². The first-order valence-corrected chi connectivity index (χ1v) is 37.4. The van der Waals surface area contributed by atoms with Gasteiger partial charge in [-0.25, -0.2) is 0 Å². The summed E-state index contributed by atoms with van der Waals surface area (Å²) in [5, 5.41) is 13.4. The van der Waals surface area contributed by atoms with Gasteiger partial charge in [0.1, 0.15) is 0 Å². The molecule has 0 N–H and O–H groups in total. The van der Waals surface area contributed by atoms with Gasteiger partial charge in [-0.2, -0.15) is 0 Å². The van der Waals surface area contributed by atoms with Gasteiger partial charge in [-0.15, -0.1) is 0 Å². The first-order valence-electron chi connectivity index (χ1n) is 41.4. The summed E-state index contributed by atoms with van der Waals surface area (Å²) >= 11 is 0. The van der Waals surface area contributed by atoms with Gasteiger partial charge in [0.2, 0.25) is 0 Å². The fourth-order valence-electron chi connectivity index (χ4n) is 18.0. The zero-order valence-corrected chi connectivity index (χ0v) is 60.8. The lowest BCUT2D eigenvalue weighted by Crippen LogP contribution is -2.61. The average Bonchev–Trinajstić information content (AvgIpc) is 1.28. The molecule has 19 aromatic rings. The molecule has 0 bridgehead atoms. The third-order valence-electron chi connectivity index (χ3n) is 23.0. The Morgan fingerprint density at radius 2 is 0.694 bits per heavy atom. The number of nitrogens with zero attached hydrogens (tertiary/aromatic N) is 3. The highest BCUT2D eigenvalue weighted by atomic mass is 15.2. The Morgan fingerprint density at radius 3 is 1.22 bits per heavy atom. The number of anilines is 6. The molecule has 3 heterocycles. The van der Waals surface area contributed by atoms with E-state index < -0.39 is 48.4 Å². The molecule has 0 aliphatic carbocycles. The molecule has 0 fully saturated rings. The van der Waals surface area contributed by atoms with Crippen LogP contribution in [0.4, 0.5) is 34.1 Å². The standard InChI is InChI=1S/C104H76BN3/c1-103(2,3)74-60-87(66-29-11-8-12-30-66)102(88(61-74)84-44-25-36-72-54-51-69-33-15-18-39-79(69)99(72)84)107-93-58-55-73(65-27-9-7-10-28-65)59-90(93)105-89-57-56-76(106-91-47-21-19-40-80(91)81-41-20-22-48-92(81)106)64-94(89)108(96-63-75(104(4,5)6)62-95(107)100(96)105)101-85(82-42-23-34-70-52-49-67-31-13-16-37-77(67)97(70)82)45-26-46-86(101)83-43-24-35-71-53-50-68-32-14-17-38-78(68)98(71)83/h7-64H,1-6H3/i19D,20D,21D,22D,40D,41D,47D,48D. The van der Waals surface area contributed by atoms with Gasteiger partial charge in [-0.3, -0.25) is 0 Å². The van der Waals surface area contributed by atoms with E-state index in [-0.39, 0.29) is 39.3 Å². The minimum absolute atomic E-state index is 0.00702. The molecule has 18 aromatic carbocycles. The molecule has 1 aromatic heterocycles. The second-order valence-electron chi connectivity index (χ2n) is 31.3. The minimum Gasteiger partial charge on any atom is -0.310 e. The van der Waals surface area contributed by atoms with Crippen LogP contribution < -0.4 is 26.2 Å². The number of hydrogen-bond acceptors (Lipinski definition) is 2. The maximum absolute atomic E-state index is 10.0. The largest absolute Gasteiger partial charge is 0.310 e. The topological polar surface area (TPSA) is 11.4 Å². The van der Waals surface area contributed by atoms with E-state index in [1.807, 2.05) is 6.07 Å². The zero-order chi connectivity index (χ0) is 79.2. The van der Waals surface area contributed by atoms with Crippen molar-refractivity contribution in [2.24, 2.45) is 0 Å². The van der Waals surface area contributed by atoms with Crippen LogP contribution in [0.5, 0.6) is 0 Å². The number of aromatic nitrogens is 1. The summed E-state index contributed by atoms with van der Waals surface area (Å²) in [6.07, 6.45) is 0. The second-order valence-corrected chi connectivity index (χ2v) is 31.3. The third kappa shape index (κ3) is 9.82. The molecule has 108 heavy (non-hydrogen) atoms. The fourth-order valence-corrected chi connectivity index (χ4v) is 18.0. The summed E-state index contributed by atoms with van der Waals surface area (Å²) in [6, 6.07) is 108. The smallest absolute Gasteiger partial charge is 0.252 e. The first-order chi connectivity index (χ1) is 56.2. The number of para-hydroxylation sites is 3. The van der Waals surface area contributed by atoms with E-state index in [9.17, 15) is 11.0 Å². The normalized spacial score (nSPS) is 13.9. The predicted octanol–water partition coefficient (Wildman–Crippen LogP) is 26.7. The van der Waals surface area contributed by atoms with Crippen LogP contribution in [0.3, 0.4) is 0 Å². The van der Waals surface area contributed by atoms with Gasteiger partial charge in [0, 0.05) is 61.5 Å². The monoisotopic (exact) mass is 1390 g/mol. The van der Waals surface area contributed by atoms with Gasteiger partial charge in [0.05, 0.1) is 33.4 Å². The number of fused-ring (bicyclic) bond motifs is 16. The highest BCUT2D eigenvalue weighted by Crippen LogP contribution is 2.57. The molecule has 0 amide bonds. The molecule has 3 nitrogen and oxygen atoms in total. The Balaban J connectivity index is 0.986. The number of hydrogen-bond donors (Lipinski definition) is 0. The summed E-state index contributed by atoms with van der Waals surface area (Å²) in [6.45, 7) is 13.3. The average molecular weight is 1390 g/mol. The van der Waals surface area contributed by atoms with E-state index >= 15 is 0 Å². The highest BCUT2D eigenvalue weighted by molar-refractivity contribution is 7.00. The fraction of sp³-hybridized carbons (Fsp3) is 0.0769. The summed E-state index contributed by atoms with van der Waals surface area (Å²) in [4.78, 5) is 5.14. The molecule has 0 unspecified atom stereocenters. The lowest BCUT2D eigenvalue weighted by molar-refractivity contribution is 0.590. The van der Waals surface area contributed by atoms with E-state index in [0.29, 0.717) is 5.69 Å². The Morgan fingerprint density at radius 1 is 0.278 bits per heavy atom. The van der Waals surface area contributed by atoms with Gasteiger partial charge in [0.25, 0.3) is 6.71 Å². The van der Waals surface area contributed by atoms with Crippen molar-refractivity contribution < 1.29 is 11.0 Å². The van der Waals surface area contributed by atoms with E-state index in [0.717, 1.165) is 176 Å². The molecule has 510 valence electrons. The van der Waals surface area contributed by atoms with Gasteiger partial charge in [0.15, 0.2) is 0 Å². The molecule has 2 aliphatic rings. The quantitative estimate of drug-likeness (QED) is 0.111. The SMILES string of the molecule is [2H]c1c([2H])c([2H])c2c(c1[2H])c1c([2H])c([2H])c([2H])c([2H])c1n2-c1ccc2c(c1)N(c1c(-c3cccc4ccc5ccccc5c34)cccc1-c1cccc3ccc4ccccc4c13)c1cc(C(C)(C)C)cc3c1B2c1cc(-c2ccccc2)ccc1N3c1c(-c2ccccc2)cc(C(C)(C)C)cc1-c1cccc2ccc3ccccc3c12. The molecule has 0 atom stereocenters.